The molecule has 0 aromatic carbocycles. The van der Waals surface area contributed by atoms with Crippen molar-refractivity contribution in [1.82, 2.24) is 9.97 Å². The summed E-state index contributed by atoms with van der Waals surface area (Å²) in [6, 6.07) is 0.635. The van der Waals surface area contributed by atoms with Crippen molar-refractivity contribution in [2.24, 2.45) is 5.73 Å². The molecule has 0 saturated heterocycles. The molecular formula is C14H20N4S. The van der Waals surface area contributed by atoms with Crippen molar-refractivity contribution in [2.45, 2.75) is 51.0 Å². The van der Waals surface area contributed by atoms with E-state index >= 15 is 0 Å². The number of hydrogen-bond donors (Lipinski definition) is 1. The van der Waals surface area contributed by atoms with Crippen LogP contribution in [0.25, 0.3) is 0 Å². The van der Waals surface area contributed by atoms with Gasteiger partial charge in [-0.25, -0.2) is 9.97 Å². The Bertz CT molecular complexity index is 484. The van der Waals surface area contributed by atoms with E-state index in [0.717, 1.165) is 31.6 Å². The van der Waals surface area contributed by atoms with Gasteiger partial charge >= 0.3 is 0 Å². The fourth-order valence-corrected chi connectivity index (χ4v) is 2.92. The largest absolute Gasteiger partial charge is 0.393 e. The topological polar surface area (TPSA) is 55.0 Å². The second kappa shape index (κ2) is 5.41. The summed E-state index contributed by atoms with van der Waals surface area (Å²) < 4.78 is 0. The average molecular weight is 276 g/mol. The Kier molecular flexibility index (Phi) is 3.64. The first-order valence-electron chi connectivity index (χ1n) is 7.13. The Labute approximate surface area is 119 Å². The van der Waals surface area contributed by atoms with E-state index in [4.69, 9.17) is 18.0 Å². The van der Waals surface area contributed by atoms with Crippen LogP contribution in [0.5, 0.6) is 0 Å². The van der Waals surface area contributed by atoms with Crippen LogP contribution in [0.2, 0.25) is 0 Å². The third-order valence-electron chi connectivity index (χ3n) is 3.96. The van der Waals surface area contributed by atoms with E-state index in [1.54, 1.807) is 6.33 Å². The maximum atomic E-state index is 5.65. The lowest BCUT2D eigenvalue weighted by molar-refractivity contribution is 0.652. The maximum Gasteiger partial charge on any atom is 0.135 e. The van der Waals surface area contributed by atoms with Crippen molar-refractivity contribution in [2.75, 3.05) is 11.4 Å². The SMILES string of the molecule is NC(=S)CCN(c1ncnc2c1CCCC2)C1CC1. The van der Waals surface area contributed by atoms with Crippen LogP contribution < -0.4 is 10.6 Å². The van der Waals surface area contributed by atoms with Gasteiger partial charge in [-0.15, -0.1) is 0 Å². The van der Waals surface area contributed by atoms with Gasteiger partial charge in [-0.2, -0.15) is 0 Å². The highest BCUT2D eigenvalue weighted by Crippen LogP contribution is 2.35. The first-order chi connectivity index (χ1) is 9.25. The zero-order valence-corrected chi connectivity index (χ0v) is 12.0. The zero-order chi connectivity index (χ0) is 13.2. The molecule has 0 amide bonds. The molecule has 5 heteroatoms. The molecule has 0 atom stereocenters. The van der Waals surface area contributed by atoms with Crippen molar-refractivity contribution in [3.05, 3.63) is 17.6 Å². The number of thiocarbonyl (C=S) groups is 1. The molecule has 4 nitrogen and oxygen atoms in total. The highest BCUT2D eigenvalue weighted by molar-refractivity contribution is 7.80. The van der Waals surface area contributed by atoms with Crippen LogP contribution in [0.3, 0.4) is 0 Å². The second-order valence-corrected chi connectivity index (χ2v) is 5.99. The molecule has 19 heavy (non-hydrogen) atoms. The van der Waals surface area contributed by atoms with Crippen molar-refractivity contribution in [3.63, 3.8) is 0 Å². The molecule has 1 saturated carbocycles. The highest BCUT2D eigenvalue weighted by Gasteiger charge is 2.32. The van der Waals surface area contributed by atoms with E-state index < -0.39 is 0 Å². The second-order valence-electron chi connectivity index (χ2n) is 5.47. The number of anilines is 1. The monoisotopic (exact) mass is 276 g/mol. The van der Waals surface area contributed by atoms with Crippen LogP contribution in [0.1, 0.15) is 43.4 Å². The maximum absolute atomic E-state index is 5.65. The number of fused-ring (bicyclic) bond motifs is 1. The van der Waals surface area contributed by atoms with E-state index in [0.29, 0.717) is 11.0 Å². The van der Waals surface area contributed by atoms with Gasteiger partial charge in [0.15, 0.2) is 0 Å². The van der Waals surface area contributed by atoms with Crippen molar-refractivity contribution < 1.29 is 0 Å². The third kappa shape index (κ3) is 2.86. The van der Waals surface area contributed by atoms with Crippen LogP contribution in [0.15, 0.2) is 6.33 Å². The minimum atomic E-state index is 0.591. The molecule has 2 aliphatic carbocycles. The molecule has 1 heterocycles. The smallest absolute Gasteiger partial charge is 0.135 e. The number of nitrogens with zero attached hydrogens (tertiary/aromatic N) is 3. The fourth-order valence-electron chi connectivity index (χ4n) is 2.83. The Balaban J connectivity index is 1.87. The Hall–Kier alpha value is -1.23. The summed E-state index contributed by atoms with van der Waals surface area (Å²) in [4.78, 5) is 12.0. The summed E-state index contributed by atoms with van der Waals surface area (Å²) >= 11 is 5.01. The molecule has 102 valence electrons. The highest BCUT2D eigenvalue weighted by atomic mass is 32.1. The van der Waals surface area contributed by atoms with Gasteiger partial charge in [0.05, 0.1) is 4.99 Å². The van der Waals surface area contributed by atoms with Gasteiger partial charge in [-0.05, 0) is 38.5 Å². The first-order valence-corrected chi connectivity index (χ1v) is 7.54. The first kappa shape index (κ1) is 12.8. The molecule has 0 radical (unpaired) electrons. The number of nitrogens with two attached hydrogens (primary N) is 1. The van der Waals surface area contributed by atoms with Crippen LogP contribution in [0.4, 0.5) is 5.82 Å². The minimum Gasteiger partial charge on any atom is -0.393 e. The third-order valence-corrected chi connectivity index (χ3v) is 4.17. The normalized spacial score (nSPS) is 17.9. The molecule has 0 bridgehead atoms. The van der Waals surface area contributed by atoms with Crippen molar-refractivity contribution in [1.29, 1.82) is 0 Å². The lowest BCUT2D eigenvalue weighted by atomic mass is 9.96. The van der Waals surface area contributed by atoms with E-state index in [9.17, 15) is 0 Å². The molecule has 2 aliphatic rings. The van der Waals surface area contributed by atoms with Gasteiger partial charge in [0.2, 0.25) is 0 Å². The fraction of sp³-hybridized carbons (Fsp3) is 0.643. The summed E-state index contributed by atoms with van der Waals surface area (Å²) in [6.45, 7) is 0.892. The molecule has 2 N–H and O–H groups in total. The summed E-state index contributed by atoms with van der Waals surface area (Å²) in [6.07, 6.45) is 9.72. The predicted molar refractivity (Wildman–Crippen MR) is 80.4 cm³/mol. The summed E-state index contributed by atoms with van der Waals surface area (Å²) in [5.41, 5.74) is 8.26. The number of aromatic nitrogens is 2. The lowest BCUT2D eigenvalue weighted by Crippen LogP contribution is -2.32. The zero-order valence-electron chi connectivity index (χ0n) is 11.1. The number of aryl methyl sites for hydroxylation is 1. The van der Waals surface area contributed by atoms with Gasteiger partial charge in [0.25, 0.3) is 0 Å². The molecular weight excluding hydrogens is 256 g/mol. The van der Waals surface area contributed by atoms with E-state index in [-0.39, 0.29) is 0 Å². The molecule has 0 unspecified atom stereocenters. The van der Waals surface area contributed by atoms with Gasteiger partial charge in [0, 0.05) is 30.3 Å². The molecule has 0 spiro atoms. The van der Waals surface area contributed by atoms with Crippen LogP contribution >= 0.6 is 12.2 Å². The quantitative estimate of drug-likeness (QED) is 0.834. The van der Waals surface area contributed by atoms with Crippen LogP contribution in [0, 0.1) is 0 Å². The number of hydrogen-bond acceptors (Lipinski definition) is 4. The lowest BCUT2D eigenvalue weighted by Gasteiger charge is -2.28. The van der Waals surface area contributed by atoms with Crippen molar-refractivity contribution in [3.8, 4) is 0 Å². The molecule has 1 aromatic heterocycles. The van der Waals surface area contributed by atoms with Gasteiger partial charge < -0.3 is 10.6 Å². The van der Waals surface area contributed by atoms with E-state index in [1.165, 1.54) is 36.9 Å². The summed E-state index contributed by atoms with van der Waals surface area (Å²) in [5, 5.41) is 0. The molecule has 0 aliphatic heterocycles. The Morgan fingerprint density at radius 2 is 2.11 bits per heavy atom. The van der Waals surface area contributed by atoms with Gasteiger partial charge in [0.1, 0.15) is 12.1 Å². The standard InChI is InChI=1S/C14H20N4S/c15-13(19)7-8-18(10-5-6-10)14-11-3-1-2-4-12(11)16-9-17-14/h9-10H,1-8H2,(H2,15,19). The van der Waals surface area contributed by atoms with Crippen LogP contribution in [-0.2, 0) is 12.8 Å². The van der Waals surface area contributed by atoms with Gasteiger partial charge in [-0.1, -0.05) is 12.2 Å². The number of rotatable bonds is 5. The predicted octanol–water partition coefficient (Wildman–Crippen LogP) is 2.00. The molecule has 1 aromatic rings. The van der Waals surface area contributed by atoms with Crippen molar-refractivity contribution >= 4 is 23.0 Å². The van der Waals surface area contributed by atoms with Gasteiger partial charge in [-0.3, -0.25) is 0 Å². The van der Waals surface area contributed by atoms with E-state index in [2.05, 4.69) is 14.9 Å². The summed E-state index contributed by atoms with van der Waals surface area (Å²) in [7, 11) is 0. The van der Waals surface area contributed by atoms with Crippen LogP contribution in [-0.4, -0.2) is 27.5 Å². The molecule has 1 fully saturated rings. The van der Waals surface area contributed by atoms with E-state index in [1.807, 2.05) is 0 Å². The minimum absolute atomic E-state index is 0.591. The Morgan fingerprint density at radius 1 is 1.32 bits per heavy atom. The Morgan fingerprint density at radius 3 is 2.84 bits per heavy atom. The molecule has 3 rings (SSSR count). The average Bonchev–Trinajstić information content (AvgIpc) is 3.23. The summed E-state index contributed by atoms with van der Waals surface area (Å²) in [5.74, 6) is 1.14.